The van der Waals surface area contributed by atoms with Crippen LogP contribution in [0.3, 0.4) is 0 Å². The van der Waals surface area contributed by atoms with Gasteiger partial charge >= 0.3 is 0 Å². The fourth-order valence-electron chi connectivity index (χ4n) is 2.27. The van der Waals surface area contributed by atoms with Crippen LogP contribution in [0.2, 0.25) is 0 Å². The molecule has 0 radical (unpaired) electrons. The molecule has 0 amide bonds. The Morgan fingerprint density at radius 1 is 1.24 bits per heavy atom. The highest BCUT2D eigenvalue weighted by Gasteiger charge is 2.15. The fourth-order valence-corrected chi connectivity index (χ4v) is 2.51. The number of pyridine rings is 1. The Hall–Kier alpha value is -1.49. The molecule has 2 rings (SSSR count). The molecular formula is C16H21BrN4. The molecule has 0 unspecified atom stereocenters. The number of aromatic nitrogens is 3. The zero-order chi connectivity index (χ0) is 15.4. The van der Waals surface area contributed by atoms with Crippen LogP contribution in [0.5, 0.6) is 0 Å². The SMILES string of the molecule is CCCNc1nc(-c2ccc(Br)cn2)nc(C)c1C(C)C. The van der Waals surface area contributed by atoms with E-state index >= 15 is 0 Å². The predicted molar refractivity (Wildman–Crippen MR) is 90.6 cm³/mol. The van der Waals surface area contributed by atoms with Crippen molar-refractivity contribution in [3.63, 3.8) is 0 Å². The lowest BCUT2D eigenvalue weighted by Gasteiger charge is -2.16. The van der Waals surface area contributed by atoms with Gasteiger partial charge in [-0.1, -0.05) is 20.8 Å². The lowest BCUT2D eigenvalue weighted by molar-refractivity contribution is 0.826. The zero-order valence-corrected chi connectivity index (χ0v) is 14.5. The molecule has 4 nitrogen and oxygen atoms in total. The Kier molecular flexibility index (Phi) is 5.28. The molecule has 21 heavy (non-hydrogen) atoms. The summed E-state index contributed by atoms with van der Waals surface area (Å²) in [6, 6.07) is 3.88. The number of hydrogen-bond donors (Lipinski definition) is 1. The van der Waals surface area contributed by atoms with Gasteiger partial charge in [-0.2, -0.15) is 0 Å². The van der Waals surface area contributed by atoms with Crippen molar-refractivity contribution in [3.05, 3.63) is 34.1 Å². The Labute approximate surface area is 134 Å². The summed E-state index contributed by atoms with van der Waals surface area (Å²) in [5, 5.41) is 3.42. The van der Waals surface area contributed by atoms with Gasteiger partial charge in [-0.05, 0) is 47.3 Å². The smallest absolute Gasteiger partial charge is 0.180 e. The number of aryl methyl sites for hydroxylation is 1. The number of nitrogens with zero attached hydrogens (tertiary/aromatic N) is 3. The topological polar surface area (TPSA) is 50.7 Å². The van der Waals surface area contributed by atoms with E-state index in [4.69, 9.17) is 4.98 Å². The first-order chi connectivity index (χ1) is 10.0. The number of anilines is 1. The molecule has 2 heterocycles. The first-order valence-electron chi connectivity index (χ1n) is 7.27. The van der Waals surface area contributed by atoms with E-state index in [2.05, 4.69) is 52.0 Å². The molecule has 0 saturated carbocycles. The molecule has 0 aliphatic rings. The third-order valence-corrected chi connectivity index (χ3v) is 3.68. The van der Waals surface area contributed by atoms with Gasteiger partial charge in [-0.3, -0.25) is 4.98 Å². The van der Waals surface area contributed by atoms with Crippen LogP contribution in [-0.2, 0) is 0 Å². The summed E-state index contributed by atoms with van der Waals surface area (Å²) in [6.07, 6.45) is 2.83. The van der Waals surface area contributed by atoms with Crippen LogP contribution in [-0.4, -0.2) is 21.5 Å². The van der Waals surface area contributed by atoms with Gasteiger partial charge in [0.2, 0.25) is 0 Å². The molecular weight excluding hydrogens is 328 g/mol. The predicted octanol–water partition coefficient (Wildman–Crippen LogP) is 4.55. The van der Waals surface area contributed by atoms with E-state index in [-0.39, 0.29) is 0 Å². The highest BCUT2D eigenvalue weighted by Crippen LogP contribution is 2.27. The Bertz CT molecular complexity index is 608. The number of rotatable bonds is 5. The highest BCUT2D eigenvalue weighted by molar-refractivity contribution is 9.10. The first kappa shape index (κ1) is 15.9. The Morgan fingerprint density at radius 3 is 2.57 bits per heavy atom. The highest BCUT2D eigenvalue weighted by atomic mass is 79.9. The molecule has 0 spiro atoms. The van der Waals surface area contributed by atoms with Crippen LogP contribution in [0.25, 0.3) is 11.5 Å². The maximum atomic E-state index is 4.69. The normalized spacial score (nSPS) is 11.0. The van der Waals surface area contributed by atoms with Crippen molar-refractivity contribution in [2.45, 2.75) is 40.0 Å². The molecule has 5 heteroatoms. The minimum atomic E-state index is 0.385. The summed E-state index contributed by atoms with van der Waals surface area (Å²) in [4.78, 5) is 13.7. The van der Waals surface area contributed by atoms with Crippen molar-refractivity contribution in [3.8, 4) is 11.5 Å². The molecule has 112 valence electrons. The van der Waals surface area contributed by atoms with Crippen molar-refractivity contribution in [2.24, 2.45) is 0 Å². The van der Waals surface area contributed by atoms with Gasteiger partial charge < -0.3 is 5.32 Å². The number of nitrogens with one attached hydrogen (secondary N) is 1. The second-order valence-corrected chi connectivity index (χ2v) is 6.25. The van der Waals surface area contributed by atoms with Crippen molar-refractivity contribution >= 4 is 21.7 Å². The zero-order valence-electron chi connectivity index (χ0n) is 12.9. The van der Waals surface area contributed by atoms with Gasteiger partial charge in [-0.25, -0.2) is 9.97 Å². The maximum absolute atomic E-state index is 4.69. The van der Waals surface area contributed by atoms with Crippen LogP contribution in [0.1, 0.15) is 44.4 Å². The van der Waals surface area contributed by atoms with Gasteiger partial charge in [0.05, 0.1) is 0 Å². The second kappa shape index (κ2) is 6.98. The molecule has 0 saturated heterocycles. The molecule has 2 aromatic rings. The van der Waals surface area contributed by atoms with E-state index in [0.29, 0.717) is 11.7 Å². The van der Waals surface area contributed by atoms with Crippen molar-refractivity contribution in [2.75, 3.05) is 11.9 Å². The van der Waals surface area contributed by atoms with E-state index in [1.54, 1.807) is 6.20 Å². The van der Waals surface area contributed by atoms with Crippen LogP contribution in [0, 0.1) is 6.92 Å². The van der Waals surface area contributed by atoms with E-state index in [9.17, 15) is 0 Å². The maximum Gasteiger partial charge on any atom is 0.180 e. The van der Waals surface area contributed by atoms with Crippen LogP contribution in [0.15, 0.2) is 22.8 Å². The molecule has 2 aromatic heterocycles. The molecule has 1 N–H and O–H groups in total. The first-order valence-corrected chi connectivity index (χ1v) is 8.06. The quantitative estimate of drug-likeness (QED) is 0.860. The monoisotopic (exact) mass is 348 g/mol. The fraction of sp³-hybridized carbons (Fsp3) is 0.438. The molecule has 0 aromatic carbocycles. The molecule has 0 aliphatic carbocycles. The summed E-state index contributed by atoms with van der Waals surface area (Å²) in [5.41, 5.74) is 2.98. The summed E-state index contributed by atoms with van der Waals surface area (Å²) in [7, 11) is 0. The van der Waals surface area contributed by atoms with E-state index in [1.807, 2.05) is 19.1 Å². The molecule has 0 fully saturated rings. The van der Waals surface area contributed by atoms with Crippen LogP contribution in [0.4, 0.5) is 5.82 Å². The molecule has 0 bridgehead atoms. The van der Waals surface area contributed by atoms with E-state index < -0.39 is 0 Å². The standard InChI is InChI=1S/C16H21BrN4/c1-5-8-18-16-14(10(2)3)11(4)20-15(21-16)13-7-6-12(17)9-19-13/h6-7,9-10H,5,8H2,1-4H3,(H,18,20,21). The van der Waals surface area contributed by atoms with Crippen molar-refractivity contribution in [1.29, 1.82) is 0 Å². The third kappa shape index (κ3) is 3.79. The van der Waals surface area contributed by atoms with Gasteiger partial charge in [0.25, 0.3) is 0 Å². The van der Waals surface area contributed by atoms with Gasteiger partial charge in [0.1, 0.15) is 11.5 Å². The van der Waals surface area contributed by atoms with Crippen LogP contribution >= 0.6 is 15.9 Å². The lowest BCUT2D eigenvalue weighted by Crippen LogP contribution is -2.10. The average Bonchev–Trinajstić information content (AvgIpc) is 2.44. The largest absolute Gasteiger partial charge is 0.370 e. The van der Waals surface area contributed by atoms with Crippen LogP contribution < -0.4 is 5.32 Å². The molecule has 0 aliphatic heterocycles. The Morgan fingerprint density at radius 2 is 2.00 bits per heavy atom. The Balaban J connectivity index is 2.48. The number of halogens is 1. The van der Waals surface area contributed by atoms with Gasteiger partial charge in [0, 0.05) is 28.5 Å². The minimum absolute atomic E-state index is 0.385. The summed E-state index contributed by atoms with van der Waals surface area (Å²) >= 11 is 3.40. The second-order valence-electron chi connectivity index (χ2n) is 5.34. The summed E-state index contributed by atoms with van der Waals surface area (Å²) in [6.45, 7) is 9.42. The van der Waals surface area contributed by atoms with Crippen molar-refractivity contribution in [1.82, 2.24) is 15.0 Å². The molecule has 0 atom stereocenters. The van der Waals surface area contributed by atoms with Gasteiger partial charge in [-0.15, -0.1) is 0 Å². The van der Waals surface area contributed by atoms with Gasteiger partial charge in [0.15, 0.2) is 5.82 Å². The average molecular weight is 349 g/mol. The summed E-state index contributed by atoms with van der Waals surface area (Å²) < 4.78 is 0.950. The number of hydrogen-bond acceptors (Lipinski definition) is 4. The van der Waals surface area contributed by atoms with E-state index in [1.165, 1.54) is 5.56 Å². The minimum Gasteiger partial charge on any atom is -0.370 e. The third-order valence-electron chi connectivity index (χ3n) is 3.21. The lowest BCUT2D eigenvalue weighted by atomic mass is 10.0. The van der Waals surface area contributed by atoms with Crippen molar-refractivity contribution < 1.29 is 0 Å². The van der Waals surface area contributed by atoms with E-state index in [0.717, 1.165) is 34.6 Å². The summed E-state index contributed by atoms with van der Waals surface area (Å²) in [5.74, 6) is 1.98.